The van der Waals surface area contributed by atoms with Crippen molar-refractivity contribution in [3.8, 4) is 0 Å². The number of hydrogen-bond donors (Lipinski definition) is 1. The SMILES string of the molecule is CC(C)CCCCCCNC(=O)c1nnc(Cl)s1. The van der Waals surface area contributed by atoms with Gasteiger partial charge in [-0.05, 0) is 23.9 Å². The molecule has 1 heterocycles. The Balaban J connectivity index is 2.03. The van der Waals surface area contributed by atoms with E-state index in [0.717, 1.165) is 30.1 Å². The van der Waals surface area contributed by atoms with Gasteiger partial charge in [0.1, 0.15) is 0 Å². The number of nitrogens with one attached hydrogen (secondary N) is 1. The molecule has 0 aliphatic rings. The quantitative estimate of drug-likeness (QED) is 0.745. The average Bonchev–Trinajstić information content (AvgIpc) is 2.74. The third kappa shape index (κ3) is 6.31. The maximum absolute atomic E-state index is 11.6. The van der Waals surface area contributed by atoms with Gasteiger partial charge in [-0.25, -0.2) is 0 Å². The number of unbranched alkanes of at least 4 members (excludes halogenated alkanes) is 3. The van der Waals surface area contributed by atoms with E-state index in [2.05, 4.69) is 29.4 Å². The van der Waals surface area contributed by atoms with Gasteiger partial charge >= 0.3 is 0 Å². The van der Waals surface area contributed by atoms with Crippen molar-refractivity contribution in [2.45, 2.75) is 46.0 Å². The summed E-state index contributed by atoms with van der Waals surface area (Å²) in [5.41, 5.74) is 0. The molecular formula is C12H20ClN3OS. The van der Waals surface area contributed by atoms with Crippen molar-refractivity contribution in [3.05, 3.63) is 9.47 Å². The number of carbonyl (C=O) groups excluding carboxylic acids is 1. The largest absolute Gasteiger partial charge is 0.350 e. The number of rotatable bonds is 8. The molecule has 0 spiro atoms. The Kier molecular flexibility index (Phi) is 7.20. The number of aromatic nitrogens is 2. The number of nitrogens with zero attached hydrogens (tertiary/aromatic N) is 2. The third-order valence-corrected chi connectivity index (χ3v) is 3.61. The first-order valence-corrected chi connectivity index (χ1v) is 7.56. The van der Waals surface area contributed by atoms with Gasteiger partial charge in [0.25, 0.3) is 5.91 Å². The second kappa shape index (κ2) is 8.43. The van der Waals surface area contributed by atoms with Crippen molar-refractivity contribution < 1.29 is 4.79 Å². The molecule has 102 valence electrons. The topological polar surface area (TPSA) is 54.9 Å². The Hall–Kier alpha value is -0.680. The van der Waals surface area contributed by atoms with E-state index in [0.29, 0.717) is 16.0 Å². The predicted octanol–water partition coefficient (Wildman–Crippen LogP) is 3.53. The fourth-order valence-electron chi connectivity index (χ4n) is 1.61. The Morgan fingerprint density at radius 1 is 1.28 bits per heavy atom. The molecule has 1 rings (SSSR count). The zero-order chi connectivity index (χ0) is 13.4. The summed E-state index contributed by atoms with van der Waals surface area (Å²) in [5, 5.41) is 10.4. The molecule has 0 radical (unpaired) electrons. The number of hydrogen-bond acceptors (Lipinski definition) is 4. The molecule has 6 heteroatoms. The van der Waals surface area contributed by atoms with Crippen LogP contribution in [-0.4, -0.2) is 22.6 Å². The van der Waals surface area contributed by atoms with Gasteiger partial charge in [0, 0.05) is 6.54 Å². The monoisotopic (exact) mass is 289 g/mol. The fourth-order valence-corrected chi connectivity index (χ4v) is 2.35. The van der Waals surface area contributed by atoms with E-state index in [4.69, 9.17) is 11.6 Å². The highest BCUT2D eigenvalue weighted by atomic mass is 35.5. The molecule has 0 fully saturated rings. The number of amides is 1. The molecule has 0 saturated heterocycles. The minimum absolute atomic E-state index is 0.179. The van der Waals surface area contributed by atoms with E-state index < -0.39 is 0 Å². The molecule has 1 aromatic rings. The molecule has 0 atom stereocenters. The summed E-state index contributed by atoms with van der Waals surface area (Å²) in [4.78, 5) is 11.6. The van der Waals surface area contributed by atoms with Crippen LogP contribution in [0.15, 0.2) is 0 Å². The molecule has 0 bridgehead atoms. The fraction of sp³-hybridized carbons (Fsp3) is 0.750. The van der Waals surface area contributed by atoms with Crippen molar-refractivity contribution in [1.82, 2.24) is 15.5 Å². The molecule has 0 unspecified atom stereocenters. The lowest BCUT2D eigenvalue weighted by molar-refractivity contribution is 0.0952. The van der Waals surface area contributed by atoms with Crippen LogP contribution in [0.2, 0.25) is 4.47 Å². The first-order chi connectivity index (χ1) is 8.59. The summed E-state index contributed by atoms with van der Waals surface area (Å²) in [5.74, 6) is 0.605. The van der Waals surface area contributed by atoms with Gasteiger partial charge in [-0.2, -0.15) is 0 Å². The van der Waals surface area contributed by atoms with Crippen LogP contribution in [0, 0.1) is 5.92 Å². The number of halogens is 1. The summed E-state index contributed by atoms with van der Waals surface area (Å²) in [6, 6.07) is 0. The van der Waals surface area contributed by atoms with Gasteiger partial charge < -0.3 is 5.32 Å². The van der Waals surface area contributed by atoms with Crippen molar-refractivity contribution >= 4 is 28.8 Å². The van der Waals surface area contributed by atoms with Crippen molar-refractivity contribution in [2.24, 2.45) is 5.92 Å². The van der Waals surface area contributed by atoms with E-state index in [1.807, 2.05) is 0 Å². The van der Waals surface area contributed by atoms with Crippen LogP contribution in [-0.2, 0) is 0 Å². The number of carbonyl (C=O) groups is 1. The second-order valence-electron chi connectivity index (χ2n) is 4.71. The summed E-state index contributed by atoms with van der Waals surface area (Å²) in [6.07, 6.45) is 5.96. The van der Waals surface area contributed by atoms with Crippen LogP contribution in [0.25, 0.3) is 0 Å². The molecule has 4 nitrogen and oxygen atoms in total. The molecule has 18 heavy (non-hydrogen) atoms. The van der Waals surface area contributed by atoms with Gasteiger partial charge in [-0.3, -0.25) is 4.79 Å². The first-order valence-electron chi connectivity index (χ1n) is 6.37. The Morgan fingerprint density at radius 2 is 2.00 bits per heavy atom. The van der Waals surface area contributed by atoms with Gasteiger partial charge in [0.15, 0.2) is 0 Å². The molecular weight excluding hydrogens is 270 g/mol. The van der Waals surface area contributed by atoms with Crippen LogP contribution in [0.4, 0.5) is 0 Å². The van der Waals surface area contributed by atoms with Gasteiger partial charge in [-0.1, -0.05) is 50.9 Å². The second-order valence-corrected chi connectivity index (χ2v) is 6.27. The smallest absolute Gasteiger partial charge is 0.282 e. The Morgan fingerprint density at radius 3 is 2.61 bits per heavy atom. The lowest BCUT2D eigenvalue weighted by atomic mass is 10.0. The van der Waals surface area contributed by atoms with E-state index in [1.54, 1.807) is 0 Å². The van der Waals surface area contributed by atoms with Gasteiger partial charge in [0.05, 0.1) is 0 Å². The van der Waals surface area contributed by atoms with Crippen molar-refractivity contribution in [1.29, 1.82) is 0 Å². The molecule has 1 amide bonds. The maximum Gasteiger partial charge on any atom is 0.282 e. The van der Waals surface area contributed by atoms with E-state index in [9.17, 15) is 4.79 Å². The summed E-state index contributed by atoms with van der Waals surface area (Å²) < 4.78 is 0.300. The van der Waals surface area contributed by atoms with Crippen LogP contribution in [0.5, 0.6) is 0 Å². The highest BCUT2D eigenvalue weighted by Crippen LogP contribution is 2.14. The minimum atomic E-state index is -0.179. The van der Waals surface area contributed by atoms with E-state index in [1.165, 1.54) is 19.3 Å². The van der Waals surface area contributed by atoms with Crippen LogP contribution in [0.1, 0.15) is 55.8 Å². The summed E-state index contributed by atoms with van der Waals surface area (Å²) in [6.45, 7) is 5.18. The standard InChI is InChI=1S/C12H20ClN3OS/c1-9(2)7-5-3-4-6-8-14-10(17)11-15-16-12(13)18-11/h9H,3-8H2,1-2H3,(H,14,17). The Bertz CT molecular complexity index is 368. The zero-order valence-electron chi connectivity index (χ0n) is 10.9. The maximum atomic E-state index is 11.6. The van der Waals surface area contributed by atoms with Crippen LogP contribution in [0.3, 0.4) is 0 Å². The summed E-state index contributed by atoms with van der Waals surface area (Å²) >= 11 is 6.72. The molecule has 1 aromatic heterocycles. The zero-order valence-corrected chi connectivity index (χ0v) is 12.5. The lowest BCUT2D eigenvalue weighted by Gasteiger charge is -2.05. The van der Waals surface area contributed by atoms with Crippen LogP contribution >= 0.6 is 22.9 Å². The first kappa shape index (κ1) is 15.4. The average molecular weight is 290 g/mol. The Labute approximate surface area is 117 Å². The summed E-state index contributed by atoms with van der Waals surface area (Å²) in [7, 11) is 0. The highest BCUT2D eigenvalue weighted by Gasteiger charge is 2.10. The molecule has 1 N–H and O–H groups in total. The molecule has 0 aromatic carbocycles. The van der Waals surface area contributed by atoms with Crippen LogP contribution < -0.4 is 5.32 Å². The minimum Gasteiger partial charge on any atom is -0.350 e. The molecule has 0 saturated carbocycles. The lowest BCUT2D eigenvalue weighted by Crippen LogP contribution is -2.24. The highest BCUT2D eigenvalue weighted by molar-refractivity contribution is 7.17. The van der Waals surface area contributed by atoms with Crippen molar-refractivity contribution in [2.75, 3.05) is 6.54 Å². The van der Waals surface area contributed by atoms with E-state index >= 15 is 0 Å². The van der Waals surface area contributed by atoms with Crippen molar-refractivity contribution in [3.63, 3.8) is 0 Å². The van der Waals surface area contributed by atoms with Gasteiger partial charge in [0.2, 0.25) is 9.47 Å². The van der Waals surface area contributed by atoms with E-state index in [-0.39, 0.29) is 5.91 Å². The third-order valence-electron chi connectivity index (χ3n) is 2.59. The molecule has 0 aliphatic heterocycles. The normalized spacial score (nSPS) is 10.9. The predicted molar refractivity (Wildman–Crippen MR) is 75.2 cm³/mol. The molecule has 0 aliphatic carbocycles. The van der Waals surface area contributed by atoms with Gasteiger partial charge in [-0.15, -0.1) is 10.2 Å².